The van der Waals surface area contributed by atoms with Crippen molar-refractivity contribution in [2.75, 3.05) is 20.2 Å². The van der Waals surface area contributed by atoms with Gasteiger partial charge in [-0.15, -0.1) is 0 Å². The lowest BCUT2D eigenvalue weighted by molar-refractivity contribution is -0.127. The molecular formula is C12H21NO3. The number of nitrogens with zero attached hydrogens (tertiary/aromatic N) is 1. The summed E-state index contributed by atoms with van der Waals surface area (Å²) in [5.41, 5.74) is 0.697. The second kappa shape index (κ2) is 6.40. The van der Waals surface area contributed by atoms with Gasteiger partial charge in [0.15, 0.2) is 0 Å². The second-order valence-electron chi connectivity index (χ2n) is 4.17. The number of amides is 1. The van der Waals surface area contributed by atoms with Crippen molar-refractivity contribution >= 4 is 5.91 Å². The van der Waals surface area contributed by atoms with Gasteiger partial charge in [-0.05, 0) is 6.42 Å². The third kappa shape index (κ3) is 3.43. The van der Waals surface area contributed by atoms with E-state index in [1.165, 1.54) is 20.0 Å². The van der Waals surface area contributed by atoms with Crippen molar-refractivity contribution in [2.24, 2.45) is 0 Å². The van der Waals surface area contributed by atoms with Gasteiger partial charge in [0.2, 0.25) is 5.91 Å². The van der Waals surface area contributed by atoms with Gasteiger partial charge >= 0.3 is 0 Å². The smallest absolute Gasteiger partial charge is 0.277 e. The number of methoxy groups -OCH3 is 1. The molecule has 4 nitrogen and oxygen atoms in total. The third-order valence-corrected chi connectivity index (χ3v) is 2.88. The van der Waals surface area contributed by atoms with Crippen LogP contribution in [0.5, 0.6) is 0 Å². The molecule has 0 atom stereocenters. The zero-order valence-corrected chi connectivity index (χ0v) is 10.2. The summed E-state index contributed by atoms with van der Waals surface area (Å²) in [6.45, 7) is 3.47. The van der Waals surface area contributed by atoms with E-state index in [1.807, 2.05) is 0 Å². The van der Waals surface area contributed by atoms with Crippen LogP contribution in [0.15, 0.2) is 11.5 Å². The third-order valence-electron chi connectivity index (χ3n) is 2.88. The number of aliphatic hydroxyl groups excluding tert-OH is 1. The van der Waals surface area contributed by atoms with E-state index in [0.29, 0.717) is 18.5 Å². The van der Waals surface area contributed by atoms with E-state index in [2.05, 4.69) is 6.92 Å². The summed E-state index contributed by atoms with van der Waals surface area (Å²) in [6, 6.07) is 0. The van der Waals surface area contributed by atoms with Gasteiger partial charge in [0.1, 0.15) is 0 Å². The van der Waals surface area contributed by atoms with Gasteiger partial charge in [-0.2, -0.15) is 0 Å². The summed E-state index contributed by atoms with van der Waals surface area (Å²) in [7, 11) is 1.41. The molecule has 0 aromatic carbocycles. The maximum Gasteiger partial charge on any atom is 0.277 e. The van der Waals surface area contributed by atoms with Crippen LogP contribution in [-0.4, -0.2) is 36.1 Å². The highest BCUT2D eigenvalue weighted by Gasteiger charge is 2.27. The number of ether oxygens (including phenoxy) is 1. The first kappa shape index (κ1) is 12.9. The molecule has 1 aliphatic heterocycles. The summed E-state index contributed by atoms with van der Waals surface area (Å²) >= 11 is 0. The Morgan fingerprint density at radius 1 is 1.44 bits per heavy atom. The van der Waals surface area contributed by atoms with Gasteiger partial charge in [-0.1, -0.05) is 26.2 Å². The molecule has 0 unspecified atom stereocenters. The van der Waals surface area contributed by atoms with E-state index in [0.717, 1.165) is 19.4 Å². The quantitative estimate of drug-likeness (QED) is 0.559. The lowest BCUT2D eigenvalue weighted by Gasteiger charge is -2.14. The average Bonchev–Trinajstić information content (AvgIpc) is 2.65. The van der Waals surface area contributed by atoms with Gasteiger partial charge in [0, 0.05) is 18.7 Å². The highest BCUT2D eigenvalue weighted by molar-refractivity contribution is 5.82. The molecule has 0 radical (unpaired) electrons. The molecule has 1 aliphatic rings. The molecule has 4 heteroatoms. The Labute approximate surface area is 96.9 Å². The molecule has 1 heterocycles. The minimum Gasteiger partial charge on any atom is -0.481 e. The first-order chi connectivity index (χ1) is 7.69. The predicted octanol–water partition coefficient (Wildman–Crippen LogP) is 2.21. The maximum absolute atomic E-state index is 11.6. The van der Waals surface area contributed by atoms with Crippen LogP contribution in [0.2, 0.25) is 0 Å². The molecule has 0 aromatic rings. The van der Waals surface area contributed by atoms with Crippen LogP contribution in [0.4, 0.5) is 0 Å². The fourth-order valence-corrected chi connectivity index (χ4v) is 1.89. The Balaban J connectivity index is 2.37. The fraction of sp³-hybridized carbons (Fsp3) is 0.750. The summed E-state index contributed by atoms with van der Waals surface area (Å²) in [5, 5.41) is 9.38. The number of hydrogen-bond acceptors (Lipinski definition) is 3. The minimum absolute atomic E-state index is 0.0927. The maximum atomic E-state index is 11.6. The van der Waals surface area contributed by atoms with Crippen molar-refractivity contribution < 1.29 is 14.6 Å². The lowest BCUT2D eigenvalue weighted by Crippen LogP contribution is -2.25. The van der Waals surface area contributed by atoms with Crippen molar-refractivity contribution in [1.82, 2.24) is 4.90 Å². The highest BCUT2D eigenvalue weighted by atomic mass is 16.6. The van der Waals surface area contributed by atoms with Crippen LogP contribution in [0, 0.1) is 0 Å². The van der Waals surface area contributed by atoms with E-state index >= 15 is 0 Å². The lowest BCUT2D eigenvalue weighted by atomic mass is 10.2. The topological polar surface area (TPSA) is 49.8 Å². The highest BCUT2D eigenvalue weighted by Crippen LogP contribution is 2.20. The van der Waals surface area contributed by atoms with Crippen LogP contribution in [0.1, 0.15) is 39.0 Å². The molecule has 0 saturated carbocycles. The number of aliphatic hydroxyl groups is 1. The molecule has 1 rings (SSSR count). The zero-order valence-electron chi connectivity index (χ0n) is 10.2. The number of carbonyl (C=O) groups is 1. The van der Waals surface area contributed by atoms with E-state index in [1.54, 1.807) is 4.90 Å². The van der Waals surface area contributed by atoms with Gasteiger partial charge in [0.25, 0.3) is 5.95 Å². The zero-order chi connectivity index (χ0) is 12.0. The number of rotatable bonds is 6. The number of hydrogen-bond donors (Lipinski definition) is 1. The van der Waals surface area contributed by atoms with Gasteiger partial charge in [-0.3, -0.25) is 4.79 Å². The Morgan fingerprint density at radius 3 is 2.81 bits per heavy atom. The Kier molecular flexibility index (Phi) is 5.15. The molecule has 1 saturated heterocycles. The monoisotopic (exact) mass is 227 g/mol. The van der Waals surface area contributed by atoms with Gasteiger partial charge in [0.05, 0.1) is 13.5 Å². The minimum atomic E-state index is -0.0931. The van der Waals surface area contributed by atoms with Crippen molar-refractivity contribution in [2.45, 2.75) is 39.0 Å². The van der Waals surface area contributed by atoms with E-state index in [4.69, 9.17) is 4.74 Å². The van der Waals surface area contributed by atoms with Crippen LogP contribution >= 0.6 is 0 Å². The Bertz CT molecular complexity index is 273. The molecule has 0 aliphatic carbocycles. The van der Waals surface area contributed by atoms with E-state index < -0.39 is 0 Å². The van der Waals surface area contributed by atoms with E-state index in [-0.39, 0.29) is 11.9 Å². The van der Waals surface area contributed by atoms with Crippen LogP contribution in [0.3, 0.4) is 0 Å². The van der Waals surface area contributed by atoms with E-state index in [9.17, 15) is 9.90 Å². The summed E-state index contributed by atoms with van der Waals surface area (Å²) in [5.74, 6) is -0.000457. The first-order valence-corrected chi connectivity index (χ1v) is 5.91. The summed E-state index contributed by atoms with van der Waals surface area (Å²) in [6.07, 6.45) is 4.92. The standard InChI is InChI=1S/C12H21NO3/c1-3-4-5-6-7-13-9-10(8-11(13)14)12(15)16-2/h15H,3-9H2,1-2H3. The van der Waals surface area contributed by atoms with Crippen molar-refractivity contribution in [3.63, 3.8) is 0 Å². The fourth-order valence-electron chi connectivity index (χ4n) is 1.89. The number of carbonyl (C=O) groups excluding carboxylic acids is 1. The number of unbranched alkanes of at least 4 members (excludes halogenated alkanes) is 3. The van der Waals surface area contributed by atoms with Gasteiger partial charge in [-0.25, -0.2) is 0 Å². The van der Waals surface area contributed by atoms with Crippen molar-refractivity contribution in [3.8, 4) is 0 Å². The summed E-state index contributed by atoms with van der Waals surface area (Å²) < 4.78 is 4.73. The van der Waals surface area contributed by atoms with Crippen LogP contribution < -0.4 is 0 Å². The van der Waals surface area contributed by atoms with Crippen molar-refractivity contribution in [3.05, 3.63) is 11.5 Å². The summed E-state index contributed by atoms with van der Waals surface area (Å²) in [4.78, 5) is 13.4. The molecule has 1 fully saturated rings. The Morgan fingerprint density at radius 2 is 2.19 bits per heavy atom. The molecule has 1 amide bonds. The second-order valence-corrected chi connectivity index (χ2v) is 4.17. The largest absolute Gasteiger partial charge is 0.481 e. The van der Waals surface area contributed by atoms with Crippen molar-refractivity contribution in [1.29, 1.82) is 0 Å². The van der Waals surface area contributed by atoms with Crippen LogP contribution in [0.25, 0.3) is 0 Å². The molecule has 0 aromatic heterocycles. The van der Waals surface area contributed by atoms with Crippen LogP contribution in [-0.2, 0) is 9.53 Å². The molecule has 92 valence electrons. The molecular weight excluding hydrogens is 206 g/mol. The number of likely N-dealkylation sites (tertiary alicyclic amines) is 1. The Hall–Kier alpha value is -1.19. The molecule has 0 bridgehead atoms. The molecule has 16 heavy (non-hydrogen) atoms. The first-order valence-electron chi connectivity index (χ1n) is 5.91. The normalized spacial score (nSPS) is 19.1. The predicted molar refractivity (Wildman–Crippen MR) is 62.0 cm³/mol. The SMILES string of the molecule is CCCCCCN1CC(=C(O)OC)CC1=O. The average molecular weight is 227 g/mol. The molecule has 0 spiro atoms. The molecule has 1 N–H and O–H groups in total. The van der Waals surface area contributed by atoms with Gasteiger partial charge < -0.3 is 14.7 Å².